The first-order valence-electron chi connectivity index (χ1n) is 7.34. The molecule has 0 amide bonds. The van der Waals surface area contributed by atoms with Crippen molar-refractivity contribution in [3.8, 4) is 0 Å². The number of hydrogen-bond acceptors (Lipinski definition) is 3. The van der Waals surface area contributed by atoms with E-state index in [0.717, 1.165) is 24.2 Å². The molecule has 3 heteroatoms. The molecule has 1 heterocycles. The molecule has 1 aromatic rings. The van der Waals surface area contributed by atoms with Gasteiger partial charge in [-0.3, -0.25) is 11.3 Å². The maximum absolute atomic E-state index is 5.82. The quantitative estimate of drug-likeness (QED) is 0.629. The molecule has 2 nitrogen and oxygen atoms in total. The van der Waals surface area contributed by atoms with Crippen LogP contribution in [0.15, 0.2) is 11.4 Å². The van der Waals surface area contributed by atoms with Crippen LogP contribution in [0.3, 0.4) is 0 Å². The molecule has 0 saturated heterocycles. The highest BCUT2D eigenvalue weighted by atomic mass is 32.1. The Kier molecular flexibility index (Phi) is 3.73. The van der Waals surface area contributed by atoms with Gasteiger partial charge in [-0.05, 0) is 66.9 Å². The van der Waals surface area contributed by atoms with Gasteiger partial charge in [-0.2, -0.15) is 0 Å². The normalized spacial score (nSPS) is 32.0. The second-order valence-corrected chi connectivity index (χ2v) is 7.00. The third-order valence-corrected chi connectivity index (χ3v) is 6.18. The van der Waals surface area contributed by atoms with E-state index in [2.05, 4.69) is 23.8 Å². The molecule has 2 aliphatic carbocycles. The summed E-state index contributed by atoms with van der Waals surface area (Å²) in [6.07, 6.45) is 8.26. The van der Waals surface area contributed by atoms with E-state index in [1.807, 2.05) is 11.3 Å². The van der Waals surface area contributed by atoms with Gasteiger partial charge < -0.3 is 0 Å². The maximum Gasteiger partial charge on any atom is 0.0558 e. The van der Waals surface area contributed by atoms with Crippen LogP contribution in [0, 0.1) is 17.8 Å². The fourth-order valence-corrected chi connectivity index (χ4v) is 5.24. The smallest absolute Gasteiger partial charge is 0.0558 e. The van der Waals surface area contributed by atoms with E-state index in [9.17, 15) is 0 Å². The molecular formula is C15H24N2S. The highest BCUT2D eigenvalue weighted by Crippen LogP contribution is 2.51. The molecule has 0 radical (unpaired) electrons. The van der Waals surface area contributed by atoms with Gasteiger partial charge in [-0.1, -0.05) is 13.3 Å². The van der Waals surface area contributed by atoms with Gasteiger partial charge in [0.15, 0.2) is 0 Å². The summed E-state index contributed by atoms with van der Waals surface area (Å²) < 4.78 is 0. The summed E-state index contributed by atoms with van der Waals surface area (Å²) in [5.74, 6) is 8.76. The number of nitrogens with two attached hydrogens (primary N) is 1. The van der Waals surface area contributed by atoms with Crippen LogP contribution in [-0.4, -0.2) is 0 Å². The van der Waals surface area contributed by atoms with Crippen LogP contribution in [0.25, 0.3) is 0 Å². The highest BCUT2D eigenvalue weighted by Gasteiger charge is 2.40. The Balaban J connectivity index is 1.69. The van der Waals surface area contributed by atoms with E-state index in [1.54, 1.807) is 0 Å². The van der Waals surface area contributed by atoms with Gasteiger partial charge in [-0.15, -0.1) is 11.3 Å². The van der Waals surface area contributed by atoms with Crippen molar-refractivity contribution in [3.63, 3.8) is 0 Å². The fraction of sp³-hybridized carbons (Fsp3) is 0.733. The van der Waals surface area contributed by atoms with Crippen LogP contribution in [-0.2, 0) is 6.42 Å². The van der Waals surface area contributed by atoms with Crippen molar-refractivity contribution in [2.24, 2.45) is 23.6 Å². The number of nitrogens with one attached hydrogen (secondary N) is 1. The third kappa shape index (κ3) is 2.24. The molecule has 0 spiro atoms. The first kappa shape index (κ1) is 12.6. The lowest BCUT2D eigenvalue weighted by molar-refractivity contribution is 0.281. The van der Waals surface area contributed by atoms with Gasteiger partial charge in [-0.25, -0.2) is 0 Å². The Morgan fingerprint density at radius 1 is 1.44 bits per heavy atom. The molecule has 2 fully saturated rings. The minimum atomic E-state index is 0.379. The number of hydrogen-bond donors (Lipinski definition) is 2. The lowest BCUT2D eigenvalue weighted by Gasteiger charge is -2.26. The van der Waals surface area contributed by atoms with Crippen molar-refractivity contribution in [1.82, 2.24) is 5.43 Å². The Bertz CT molecular complexity index is 401. The maximum atomic E-state index is 5.82. The number of rotatable bonds is 5. The summed E-state index contributed by atoms with van der Waals surface area (Å²) >= 11 is 1.87. The summed E-state index contributed by atoms with van der Waals surface area (Å²) in [5.41, 5.74) is 4.55. The van der Waals surface area contributed by atoms with Gasteiger partial charge >= 0.3 is 0 Å². The Morgan fingerprint density at radius 3 is 2.94 bits per heavy atom. The fourth-order valence-electron chi connectivity index (χ4n) is 4.16. The van der Waals surface area contributed by atoms with Crippen molar-refractivity contribution >= 4 is 11.3 Å². The molecule has 2 saturated carbocycles. The predicted octanol–water partition coefficient (Wildman–Crippen LogP) is 3.64. The zero-order valence-corrected chi connectivity index (χ0v) is 12.0. The van der Waals surface area contributed by atoms with Crippen LogP contribution < -0.4 is 11.3 Å². The molecule has 4 atom stereocenters. The van der Waals surface area contributed by atoms with Crippen LogP contribution in [0.2, 0.25) is 0 Å². The van der Waals surface area contributed by atoms with Crippen LogP contribution in [0.4, 0.5) is 0 Å². The lowest BCUT2D eigenvalue weighted by Crippen LogP contribution is -2.30. The summed E-state index contributed by atoms with van der Waals surface area (Å²) in [5, 5.41) is 2.21. The van der Waals surface area contributed by atoms with Crippen molar-refractivity contribution in [2.45, 2.75) is 51.5 Å². The van der Waals surface area contributed by atoms with Crippen molar-refractivity contribution in [3.05, 3.63) is 21.9 Å². The van der Waals surface area contributed by atoms with Gasteiger partial charge in [0.2, 0.25) is 0 Å². The monoisotopic (exact) mass is 264 g/mol. The largest absolute Gasteiger partial charge is 0.271 e. The number of fused-ring (bicyclic) bond motifs is 2. The predicted molar refractivity (Wildman–Crippen MR) is 77.3 cm³/mol. The third-order valence-electron chi connectivity index (χ3n) is 5.10. The summed E-state index contributed by atoms with van der Waals surface area (Å²) in [6.45, 7) is 2.23. The van der Waals surface area contributed by atoms with Gasteiger partial charge in [0.05, 0.1) is 6.04 Å². The van der Waals surface area contributed by atoms with E-state index in [-0.39, 0.29) is 0 Å². The van der Waals surface area contributed by atoms with Gasteiger partial charge in [0.25, 0.3) is 0 Å². The second kappa shape index (κ2) is 5.32. The summed E-state index contributed by atoms with van der Waals surface area (Å²) in [4.78, 5) is 1.47. The minimum absolute atomic E-state index is 0.379. The van der Waals surface area contributed by atoms with Crippen LogP contribution in [0.5, 0.6) is 0 Å². The van der Waals surface area contributed by atoms with Crippen molar-refractivity contribution in [1.29, 1.82) is 0 Å². The zero-order valence-electron chi connectivity index (χ0n) is 11.2. The van der Waals surface area contributed by atoms with E-state index < -0.39 is 0 Å². The van der Waals surface area contributed by atoms with E-state index >= 15 is 0 Å². The Morgan fingerprint density at radius 2 is 2.33 bits per heavy atom. The average molecular weight is 264 g/mol. The van der Waals surface area contributed by atoms with E-state index in [1.165, 1.54) is 42.5 Å². The Labute approximate surface area is 114 Å². The lowest BCUT2D eigenvalue weighted by atomic mass is 9.83. The second-order valence-electron chi connectivity index (χ2n) is 6.05. The zero-order chi connectivity index (χ0) is 12.5. The topological polar surface area (TPSA) is 38.0 Å². The number of hydrazine groups is 1. The highest BCUT2D eigenvalue weighted by molar-refractivity contribution is 7.10. The standard InChI is InChI=1S/C15H24N2S/c1-2-11-5-6-18-15(11)14(17-16)9-13-8-10-3-4-12(13)7-10/h5-6,10,12-14,17H,2-4,7-9,16H2,1H3. The molecule has 2 bridgehead atoms. The van der Waals surface area contributed by atoms with Crippen molar-refractivity contribution in [2.75, 3.05) is 0 Å². The van der Waals surface area contributed by atoms with Crippen LogP contribution in [0.1, 0.15) is 55.5 Å². The molecule has 18 heavy (non-hydrogen) atoms. The molecule has 0 aromatic carbocycles. The van der Waals surface area contributed by atoms with Crippen molar-refractivity contribution < 1.29 is 0 Å². The van der Waals surface area contributed by atoms with E-state index in [0.29, 0.717) is 6.04 Å². The average Bonchev–Trinajstić information content (AvgIpc) is 3.10. The molecule has 4 unspecified atom stereocenters. The molecule has 3 rings (SSSR count). The summed E-state index contributed by atoms with van der Waals surface area (Å²) in [7, 11) is 0. The molecule has 1 aromatic heterocycles. The first-order valence-corrected chi connectivity index (χ1v) is 8.22. The van der Waals surface area contributed by atoms with Gasteiger partial charge in [0, 0.05) is 4.88 Å². The SMILES string of the molecule is CCc1ccsc1C(CC1CC2CCC1C2)NN. The Hall–Kier alpha value is -0.380. The summed E-state index contributed by atoms with van der Waals surface area (Å²) in [6, 6.07) is 2.63. The first-order chi connectivity index (χ1) is 8.81. The molecule has 100 valence electrons. The van der Waals surface area contributed by atoms with Gasteiger partial charge in [0.1, 0.15) is 0 Å². The number of thiophene rings is 1. The molecule has 3 N–H and O–H groups in total. The molecular weight excluding hydrogens is 240 g/mol. The molecule has 2 aliphatic rings. The van der Waals surface area contributed by atoms with E-state index in [4.69, 9.17) is 5.84 Å². The molecule has 0 aliphatic heterocycles. The number of aryl methyl sites for hydroxylation is 1. The minimum Gasteiger partial charge on any atom is -0.271 e. The van der Waals surface area contributed by atoms with Crippen LogP contribution >= 0.6 is 11.3 Å².